The maximum atomic E-state index is 12.7. The highest BCUT2D eigenvalue weighted by Crippen LogP contribution is 2.27. The van der Waals surface area contributed by atoms with Gasteiger partial charge in [0.15, 0.2) is 0 Å². The van der Waals surface area contributed by atoms with Gasteiger partial charge in [-0.05, 0) is 19.4 Å². The van der Waals surface area contributed by atoms with Crippen molar-refractivity contribution in [3.05, 3.63) is 51.5 Å². The zero-order valence-electron chi connectivity index (χ0n) is 15.0. The molecule has 0 bridgehead atoms. The van der Waals surface area contributed by atoms with Crippen molar-refractivity contribution in [1.29, 1.82) is 0 Å². The molecule has 2 rings (SSSR count). The third kappa shape index (κ3) is 4.42. The van der Waals surface area contributed by atoms with E-state index < -0.39 is 6.10 Å². The van der Waals surface area contributed by atoms with Gasteiger partial charge >= 0.3 is 0 Å². The highest BCUT2D eigenvalue weighted by molar-refractivity contribution is 7.13. The van der Waals surface area contributed by atoms with Crippen molar-refractivity contribution in [2.45, 2.75) is 46.1 Å². The number of thiazole rings is 1. The number of hydrogen-bond donors (Lipinski definition) is 1. The Morgan fingerprint density at radius 2 is 1.92 bits per heavy atom. The van der Waals surface area contributed by atoms with Crippen molar-refractivity contribution in [2.75, 3.05) is 13.1 Å². The lowest BCUT2D eigenvalue weighted by Crippen LogP contribution is -2.34. The van der Waals surface area contributed by atoms with Crippen molar-refractivity contribution < 1.29 is 9.90 Å². The number of aryl methyl sites for hydroxylation is 1. The Bertz CT molecular complexity index is 686. The van der Waals surface area contributed by atoms with E-state index in [1.807, 2.05) is 38.1 Å². The van der Waals surface area contributed by atoms with E-state index >= 15 is 0 Å². The van der Waals surface area contributed by atoms with Crippen molar-refractivity contribution in [2.24, 2.45) is 0 Å². The van der Waals surface area contributed by atoms with Crippen LogP contribution in [-0.2, 0) is 5.41 Å². The van der Waals surface area contributed by atoms with E-state index in [2.05, 4.69) is 25.8 Å². The van der Waals surface area contributed by atoms with Crippen LogP contribution in [0.1, 0.15) is 59.6 Å². The summed E-state index contributed by atoms with van der Waals surface area (Å²) < 4.78 is 0. The Morgan fingerprint density at radius 1 is 1.29 bits per heavy atom. The number of hydrogen-bond acceptors (Lipinski definition) is 4. The summed E-state index contributed by atoms with van der Waals surface area (Å²) >= 11 is 1.43. The summed E-state index contributed by atoms with van der Waals surface area (Å²) in [7, 11) is 0. The molecular weight excluding hydrogens is 320 g/mol. The van der Waals surface area contributed by atoms with Gasteiger partial charge in [0, 0.05) is 12.0 Å². The van der Waals surface area contributed by atoms with E-state index in [0.29, 0.717) is 11.4 Å². The molecule has 1 unspecified atom stereocenters. The largest absolute Gasteiger partial charge is 0.387 e. The Kier molecular flexibility index (Phi) is 5.78. The maximum Gasteiger partial charge on any atom is 0.265 e. The molecule has 0 radical (unpaired) electrons. The molecule has 1 aromatic heterocycles. The summed E-state index contributed by atoms with van der Waals surface area (Å²) in [5.74, 6) is -0.0725. The zero-order chi connectivity index (χ0) is 17.9. The molecule has 0 fully saturated rings. The number of aliphatic hydroxyl groups is 1. The number of aliphatic hydroxyl groups excluding tert-OH is 1. The number of likely N-dealkylation sites (N-methyl/N-ethyl adjacent to an activating group) is 1. The molecule has 5 heteroatoms. The van der Waals surface area contributed by atoms with Gasteiger partial charge in [0.25, 0.3) is 5.91 Å². The van der Waals surface area contributed by atoms with Crippen LogP contribution in [0.5, 0.6) is 0 Å². The van der Waals surface area contributed by atoms with Crippen LogP contribution in [0, 0.1) is 6.92 Å². The molecule has 24 heavy (non-hydrogen) atoms. The molecule has 4 nitrogen and oxygen atoms in total. The van der Waals surface area contributed by atoms with Crippen LogP contribution in [0.4, 0.5) is 0 Å². The standard InChI is InChI=1S/C19H26N2O2S/c1-6-21(12-15(22)14-9-7-13(2)8-10-14)17(23)16-11-20-18(24-16)19(3,4)5/h7-11,15,22H,6,12H2,1-5H3. The van der Waals surface area contributed by atoms with Crippen molar-refractivity contribution in [1.82, 2.24) is 9.88 Å². The molecule has 0 aliphatic heterocycles. The summed E-state index contributed by atoms with van der Waals surface area (Å²) in [6, 6.07) is 7.75. The van der Waals surface area contributed by atoms with Gasteiger partial charge in [-0.15, -0.1) is 11.3 Å². The quantitative estimate of drug-likeness (QED) is 0.892. The van der Waals surface area contributed by atoms with E-state index in [9.17, 15) is 9.90 Å². The summed E-state index contributed by atoms with van der Waals surface area (Å²) in [6.07, 6.45) is 0.957. The predicted molar refractivity (Wildman–Crippen MR) is 98.5 cm³/mol. The molecule has 1 atom stereocenters. The maximum absolute atomic E-state index is 12.7. The number of nitrogens with zero attached hydrogens (tertiary/aromatic N) is 2. The highest BCUT2D eigenvalue weighted by Gasteiger charge is 2.24. The van der Waals surface area contributed by atoms with Crippen LogP contribution in [0.15, 0.2) is 30.5 Å². The molecule has 2 aromatic rings. The summed E-state index contributed by atoms with van der Waals surface area (Å²) in [4.78, 5) is 19.4. The number of amides is 1. The Hall–Kier alpha value is -1.72. The van der Waals surface area contributed by atoms with Gasteiger partial charge in [-0.2, -0.15) is 0 Å². The molecule has 1 heterocycles. The first-order chi connectivity index (χ1) is 11.2. The van der Waals surface area contributed by atoms with Crippen LogP contribution in [0.25, 0.3) is 0 Å². The van der Waals surface area contributed by atoms with Crippen LogP contribution in [-0.4, -0.2) is 34.0 Å². The first kappa shape index (κ1) is 18.6. The number of rotatable bonds is 5. The lowest BCUT2D eigenvalue weighted by Gasteiger charge is -2.23. The molecule has 0 aliphatic rings. The molecule has 1 aromatic carbocycles. The molecular formula is C19H26N2O2S. The van der Waals surface area contributed by atoms with Gasteiger partial charge in [-0.3, -0.25) is 4.79 Å². The molecule has 1 amide bonds. The average molecular weight is 346 g/mol. The third-order valence-corrected chi connectivity index (χ3v) is 5.29. The molecule has 0 saturated carbocycles. The van der Waals surface area contributed by atoms with E-state index in [0.717, 1.165) is 16.1 Å². The molecule has 0 spiro atoms. The average Bonchev–Trinajstić information content (AvgIpc) is 3.02. The van der Waals surface area contributed by atoms with E-state index in [4.69, 9.17) is 0 Å². The monoisotopic (exact) mass is 346 g/mol. The van der Waals surface area contributed by atoms with Crippen LogP contribution >= 0.6 is 11.3 Å². The van der Waals surface area contributed by atoms with Crippen molar-refractivity contribution in [3.63, 3.8) is 0 Å². The van der Waals surface area contributed by atoms with Crippen LogP contribution < -0.4 is 0 Å². The van der Waals surface area contributed by atoms with Gasteiger partial charge in [0.2, 0.25) is 0 Å². The van der Waals surface area contributed by atoms with Gasteiger partial charge in [-0.1, -0.05) is 50.6 Å². The highest BCUT2D eigenvalue weighted by atomic mass is 32.1. The third-order valence-electron chi connectivity index (χ3n) is 3.88. The van der Waals surface area contributed by atoms with Gasteiger partial charge in [0.1, 0.15) is 4.88 Å². The number of carbonyl (C=O) groups excluding carboxylic acids is 1. The minimum Gasteiger partial charge on any atom is -0.387 e. The Morgan fingerprint density at radius 3 is 2.42 bits per heavy atom. The minimum absolute atomic E-state index is 0.0678. The Balaban J connectivity index is 2.11. The topological polar surface area (TPSA) is 53.4 Å². The molecule has 1 N–H and O–H groups in total. The van der Waals surface area contributed by atoms with E-state index in [1.54, 1.807) is 11.1 Å². The summed E-state index contributed by atoms with van der Waals surface area (Å²) in [6.45, 7) is 11.0. The van der Waals surface area contributed by atoms with E-state index in [1.165, 1.54) is 11.3 Å². The fourth-order valence-corrected chi connectivity index (χ4v) is 3.28. The first-order valence-corrected chi connectivity index (χ1v) is 9.04. The molecule has 0 aliphatic carbocycles. The van der Waals surface area contributed by atoms with Gasteiger partial charge < -0.3 is 10.0 Å². The zero-order valence-corrected chi connectivity index (χ0v) is 15.9. The number of aromatic nitrogens is 1. The summed E-state index contributed by atoms with van der Waals surface area (Å²) in [5.41, 5.74) is 1.90. The first-order valence-electron chi connectivity index (χ1n) is 8.22. The lowest BCUT2D eigenvalue weighted by molar-refractivity contribution is 0.0639. The fourth-order valence-electron chi connectivity index (χ4n) is 2.33. The normalized spacial score (nSPS) is 12.9. The number of benzene rings is 1. The number of carbonyl (C=O) groups is 1. The van der Waals surface area contributed by atoms with Crippen molar-refractivity contribution in [3.8, 4) is 0 Å². The Labute approximate surface area is 148 Å². The second-order valence-electron chi connectivity index (χ2n) is 7.05. The van der Waals surface area contributed by atoms with Gasteiger partial charge in [-0.25, -0.2) is 4.98 Å². The minimum atomic E-state index is -0.690. The SMILES string of the molecule is CCN(CC(O)c1ccc(C)cc1)C(=O)c1cnc(C(C)(C)C)s1. The van der Waals surface area contributed by atoms with Crippen LogP contribution in [0.2, 0.25) is 0 Å². The lowest BCUT2D eigenvalue weighted by atomic mass is 9.98. The van der Waals surface area contributed by atoms with Crippen LogP contribution in [0.3, 0.4) is 0 Å². The van der Waals surface area contributed by atoms with Gasteiger partial charge in [0.05, 0.1) is 23.9 Å². The fraction of sp³-hybridized carbons (Fsp3) is 0.474. The second-order valence-corrected chi connectivity index (χ2v) is 8.08. The second kappa shape index (κ2) is 7.45. The predicted octanol–water partition coefficient (Wildman–Crippen LogP) is 3.94. The van der Waals surface area contributed by atoms with Crippen molar-refractivity contribution >= 4 is 17.2 Å². The smallest absolute Gasteiger partial charge is 0.265 e. The summed E-state index contributed by atoms with van der Waals surface area (Å²) in [5, 5.41) is 11.4. The molecule has 130 valence electrons. The molecule has 0 saturated heterocycles. The van der Waals surface area contributed by atoms with E-state index in [-0.39, 0.29) is 17.9 Å².